The lowest BCUT2D eigenvalue weighted by atomic mass is 9.95. The summed E-state index contributed by atoms with van der Waals surface area (Å²) in [6.07, 6.45) is 3.09. The van der Waals surface area contributed by atoms with Crippen LogP contribution >= 0.6 is 11.3 Å². The van der Waals surface area contributed by atoms with E-state index in [9.17, 15) is 9.59 Å². The molecule has 0 saturated carbocycles. The van der Waals surface area contributed by atoms with Crippen LogP contribution in [0.4, 0.5) is 11.4 Å². The van der Waals surface area contributed by atoms with Gasteiger partial charge in [-0.15, -0.1) is 11.3 Å². The lowest BCUT2D eigenvalue weighted by molar-refractivity contribution is 0.101. The minimum Gasteiger partial charge on any atom is -0.494 e. The largest absolute Gasteiger partial charge is 0.494 e. The van der Waals surface area contributed by atoms with Crippen LogP contribution in [0.3, 0.4) is 0 Å². The maximum atomic E-state index is 13.2. The smallest absolute Gasteiger partial charge is 0.266 e. The third kappa shape index (κ3) is 5.00. The average Bonchev–Trinajstić information content (AvgIpc) is 3.17. The summed E-state index contributed by atoms with van der Waals surface area (Å²) in [5, 5.41) is 6.66. The maximum Gasteiger partial charge on any atom is 0.266 e. The molecule has 0 aliphatic rings. The SMILES string of the molecule is COc1cc(NC(=O)c2sc3nc(C(C)(C)C)nc(C)c3c2C)ccc1NC(=O)c1cccnc1. The number of carbonyl (C=O) groups is 2. The Balaban J connectivity index is 1.58. The number of rotatable bonds is 5. The molecule has 0 aliphatic carbocycles. The number of pyridine rings is 1. The zero-order chi connectivity index (χ0) is 25.3. The third-order valence-electron chi connectivity index (χ3n) is 5.48. The number of aromatic nitrogens is 3. The second-order valence-electron chi connectivity index (χ2n) is 9.18. The number of nitrogens with one attached hydrogen (secondary N) is 2. The van der Waals surface area contributed by atoms with Gasteiger partial charge in [-0.05, 0) is 43.7 Å². The van der Waals surface area contributed by atoms with Crippen LogP contribution in [0.1, 0.15) is 57.9 Å². The predicted molar refractivity (Wildman–Crippen MR) is 139 cm³/mol. The minimum atomic E-state index is -0.305. The molecule has 1 aromatic carbocycles. The molecule has 8 nitrogen and oxygen atoms in total. The number of benzene rings is 1. The van der Waals surface area contributed by atoms with Crippen molar-refractivity contribution in [3.63, 3.8) is 0 Å². The number of carbonyl (C=O) groups excluding carboxylic acids is 2. The predicted octanol–water partition coefficient (Wildman–Crippen LogP) is 5.51. The van der Waals surface area contributed by atoms with Gasteiger partial charge in [0, 0.05) is 34.9 Å². The van der Waals surface area contributed by atoms with Crippen molar-refractivity contribution in [2.45, 2.75) is 40.0 Å². The number of ether oxygens (including phenoxy) is 1. The first-order chi connectivity index (χ1) is 16.6. The number of nitrogens with zero attached hydrogens (tertiary/aromatic N) is 3. The lowest BCUT2D eigenvalue weighted by Crippen LogP contribution is -2.16. The first-order valence-electron chi connectivity index (χ1n) is 11.1. The molecule has 0 radical (unpaired) electrons. The van der Waals surface area contributed by atoms with Crippen LogP contribution in [0.15, 0.2) is 42.7 Å². The molecule has 4 aromatic rings. The average molecular weight is 490 g/mol. The number of hydrogen-bond acceptors (Lipinski definition) is 7. The van der Waals surface area contributed by atoms with Crippen LogP contribution in [0, 0.1) is 13.8 Å². The molecule has 0 aliphatic heterocycles. The molecule has 0 saturated heterocycles. The normalized spacial score (nSPS) is 11.4. The first kappa shape index (κ1) is 24.3. The Bertz CT molecular complexity index is 1420. The molecule has 0 bridgehead atoms. The Morgan fingerprint density at radius 1 is 1.03 bits per heavy atom. The highest BCUT2D eigenvalue weighted by Gasteiger charge is 2.23. The number of thiophene rings is 1. The highest BCUT2D eigenvalue weighted by Crippen LogP contribution is 2.34. The van der Waals surface area contributed by atoms with Crippen LogP contribution in [0.2, 0.25) is 0 Å². The van der Waals surface area contributed by atoms with Crippen LogP contribution < -0.4 is 15.4 Å². The van der Waals surface area contributed by atoms with E-state index in [1.165, 1.54) is 24.6 Å². The summed E-state index contributed by atoms with van der Waals surface area (Å²) in [5.74, 6) is 0.630. The Labute approximate surface area is 207 Å². The highest BCUT2D eigenvalue weighted by molar-refractivity contribution is 7.20. The summed E-state index contributed by atoms with van der Waals surface area (Å²) >= 11 is 1.36. The Hall–Kier alpha value is -3.85. The van der Waals surface area contributed by atoms with Crippen molar-refractivity contribution < 1.29 is 14.3 Å². The maximum absolute atomic E-state index is 13.2. The van der Waals surface area contributed by atoms with Crippen molar-refractivity contribution in [1.29, 1.82) is 0 Å². The van der Waals surface area contributed by atoms with Gasteiger partial charge in [0.05, 0.1) is 28.9 Å². The molecule has 0 spiro atoms. The van der Waals surface area contributed by atoms with Crippen molar-refractivity contribution in [3.8, 4) is 5.75 Å². The summed E-state index contributed by atoms with van der Waals surface area (Å²) in [7, 11) is 1.51. The van der Waals surface area contributed by atoms with E-state index in [-0.39, 0.29) is 17.2 Å². The zero-order valence-electron chi connectivity index (χ0n) is 20.5. The highest BCUT2D eigenvalue weighted by atomic mass is 32.1. The van der Waals surface area contributed by atoms with Crippen molar-refractivity contribution in [2.24, 2.45) is 0 Å². The van der Waals surface area contributed by atoms with E-state index in [1.807, 2.05) is 13.8 Å². The van der Waals surface area contributed by atoms with Crippen molar-refractivity contribution in [1.82, 2.24) is 15.0 Å². The fourth-order valence-corrected chi connectivity index (χ4v) is 4.77. The van der Waals surface area contributed by atoms with E-state index in [0.717, 1.165) is 27.3 Å². The number of fused-ring (bicyclic) bond motifs is 1. The molecule has 180 valence electrons. The van der Waals surface area contributed by atoms with Crippen molar-refractivity contribution in [3.05, 3.63) is 70.2 Å². The molecule has 3 aromatic heterocycles. The van der Waals surface area contributed by atoms with Gasteiger partial charge in [-0.2, -0.15) is 0 Å². The fraction of sp³-hybridized carbons (Fsp3) is 0.269. The lowest BCUT2D eigenvalue weighted by Gasteiger charge is -2.16. The minimum absolute atomic E-state index is 0.190. The van der Waals surface area contributed by atoms with E-state index in [2.05, 4.69) is 41.4 Å². The quantitative estimate of drug-likeness (QED) is 0.383. The second kappa shape index (κ2) is 9.42. The van der Waals surface area contributed by atoms with E-state index >= 15 is 0 Å². The van der Waals surface area contributed by atoms with Gasteiger partial charge in [0.15, 0.2) is 0 Å². The van der Waals surface area contributed by atoms with Gasteiger partial charge in [0.25, 0.3) is 11.8 Å². The van der Waals surface area contributed by atoms with Crippen molar-refractivity contribution >= 4 is 44.7 Å². The molecule has 9 heteroatoms. The number of hydrogen-bond donors (Lipinski definition) is 2. The van der Waals surface area contributed by atoms with Crippen LogP contribution in [-0.2, 0) is 5.41 Å². The summed E-state index contributed by atoms with van der Waals surface area (Å²) in [5.41, 5.74) is 2.99. The summed E-state index contributed by atoms with van der Waals surface area (Å²) in [6.45, 7) is 10.1. The Kier molecular flexibility index (Phi) is 6.53. The Morgan fingerprint density at radius 3 is 2.46 bits per heavy atom. The van der Waals surface area contributed by atoms with E-state index < -0.39 is 0 Å². The van der Waals surface area contributed by atoms with Crippen LogP contribution in [0.25, 0.3) is 10.2 Å². The van der Waals surface area contributed by atoms with Gasteiger partial charge in [0.1, 0.15) is 16.4 Å². The molecule has 35 heavy (non-hydrogen) atoms. The van der Waals surface area contributed by atoms with Crippen molar-refractivity contribution in [2.75, 3.05) is 17.7 Å². The first-order valence-corrected chi connectivity index (χ1v) is 11.9. The molecule has 4 rings (SSSR count). The van der Waals surface area contributed by atoms with Crippen LogP contribution in [0.5, 0.6) is 5.75 Å². The number of amides is 2. The second-order valence-corrected chi connectivity index (χ2v) is 10.2. The topological polar surface area (TPSA) is 106 Å². The number of aryl methyl sites for hydroxylation is 2. The Morgan fingerprint density at radius 2 is 1.80 bits per heavy atom. The summed E-state index contributed by atoms with van der Waals surface area (Å²) in [4.78, 5) is 40.4. The summed E-state index contributed by atoms with van der Waals surface area (Å²) < 4.78 is 5.45. The third-order valence-corrected chi connectivity index (χ3v) is 6.66. The van der Waals surface area contributed by atoms with E-state index in [1.54, 1.807) is 36.5 Å². The van der Waals surface area contributed by atoms with Gasteiger partial charge in [-0.25, -0.2) is 9.97 Å². The van der Waals surface area contributed by atoms with Gasteiger partial charge >= 0.3 is 0 Å². The molecule has 2 N–H and O–H groups in total. The van der Waals surface area contributed by atoms with E-state index in [0.29, 0.717) is 27.6 Å². The molecular formula is C26H27N5O3S. The standard InChI is InChI=1S/C26H27N5O3S/c1-14-20-15(2)28-25(26(3,4)5)31-24(20)35-21(14)23(33)29-17-9-10-18(19(12-17)34-6)30-22(32)16-8-7-11-27-13-16/h7-13H,1-6H3,(H,29,33)(H,30,32). The molecule has 0 atom stereocenters. The molecule has 3 heterocycles. The fourth-order valence-electron chi connectivity index (χ4n) is 3.64. The zero-order valence-corrected chi connectivity index (χ0v) is 21.3. The number of anilines is 2. The van der Waals surface area contributed by atoms with Crippen LogP contribution in [-0.4, -0.2) is 33.9 Å². The van der Waals surface area contributed by atoms with E-state index in [4.69, 9.17) is 9.72 Å². The van der Waals surface area contributed by atoms with Gasteiger partial charge in [0.2, 0.25) is 0 Å². The summed E-state index contributed by atoms with van der Waals surface area (Å²) in [6, 6.07) is 8.43. The molecule has 0 unspecified atom stereocenters. The molecule has 2 amide bonds. The number of methoxy groups -OCH3 is 1. The van der Waals surface area contributed by atoms with Gasteiger partial charge in [-0.3, -0.25) is 14.6 Å². The van der Waals surface area contributed by atoms with Gasteiger partial charge < -0.3 is 15.4 Å². The monoisotopic (exact) mass is 489 g/mol. The van der Waals surface area contributed by atoms with Gasteiger partial charge in [-0.1, -0.05) is 20.8 Å². The molecular weight excluding hydrogens is 462 g/mol. The molecule has 0 fully saturated rings.